The first kappa shape index (κ1) is 26.5. The Kier molecular flexibility index (Phi) is 8.32. The van der Waals surface area contributed by atoms with Crippen molar-refractivity contribution in [2.45, 2.75) is 51.2 Å². The fourth-order valence-electron chi connectivity index (χ4n) is 5.12. The molecule has 2 fully saturated rings. The van der Waals surface area contributed by atoms with Crippen molar-refractivity contribution in [2.24, 2.45) is 11.7 Å². The third kappa shape index (κ3) is 6.22. The summed E-state index contributed by atoms with van der Waals surface area (Å²) in [5, 5.41) is 9.81. The monoisotopic (exact) mass is 511 g/mol. The Labute approximate surface area is 216 Å². The number of carbonyl (C=O) groups is 4. The summed E-state index contributed by atoms with van der Waals surface area (Å²) in [6, 6.07) is 5.26. The van der Waals surface area contributed by atoms with Crippen LogP contribution in [0.25, 0.3) is 10.9 Å². The number of urea groups is 1. The van der Waals surface area contributed by atoms with Crippen LogP contribution in [0.2, 0.25) is 0 Å². The van der Waals surface area contributed by atoms with Gasteiger partial charge in [0.15, 0.2) is 0 Å². The minimum absolute atomic E-state index is 0.00783. The predicted octanol–water partition coefficient (Wildman–Crippen LogP) is 0.311. The van der Waals surface area contributed by atoms with E-state index < -0.39 is 23.9 Å². The predicted molar refractivity (Wildman–Crippen MR) is 139 cm³/mol. The Bertz CT molecular complexity index is 1140. The number of nitrogens with two attached hydrogens (primary N) is 1. The topological polar surface area (TPSA) is 153 Å². The van der Waals surface area contributed by atoms with E-state index in [1.54, 1.807) is 11.1 Å². The second-order valence-corrected chi connectivity index (χ2v) is 10.1. The molecule has 0 aliphatic carbocycles. The highest BCUT2D eigenvalue weighted by Crippen LogP contribution is 2.21. The van der Waals surface area contributed by atoms with E-state index in [1.165, 1.54) is 4.90 Å². The van der Waals surface area contributed by atoms with Crippen molar-refractivity contribution in [3.8, 4) is 0 Å². The van der Waals surface area contributed by atoms with Crippen LogP contribution in [-0.2, 0) is 20.8 Å². The molecule has 2 saturated heterocycles. The van der Waals surface area contributed by atoms with Crippen molar-refractivity contribution in [2.75, 3.05) is 32.7 Å². The first-order valence-electron chi connectivity index (χ1n) is 13.0. The number of piperazine rings is 1. The maximum atomic E-state index is 13.6. The summed E-state index contributed by atoms with van der Waals surface area (Å²) < 4.78 is 0. The van der Waals surface area contributed by atoms with Gasteiger partial charge in [0.05, 0.1) is 6.54 Å². The summed E-state index contributed by atoms with van der Waals surface area (Å²) in [4.78, 5) is 58.4. The Hall–Kier alpha value is -3.60. The van der Waals surface area contributed by atoms with Crippen LogP contribution in [0, 0.1) is 5.92 Å². The van der Waals surface area contributed by atoms with E-state index in [0.29, 0.717) is 6.54 Å². The van der Waals surface area contributed by atoms with Gasteiger partial charge in [-0.1, -0.05) is 18.2 Å². The first-order chi connectivity index (χ1) is 17.7. The van der Waals surface area contributed by atoms with Crippen LogP contribution in [0.15, 0.2) is 30.5 Å². The lowest BCUT2D eigenvalue weighted by atomic mass is 9.95. The van der Waals surface area contributed by atoms with Crippen LogP contribution in [0.1, 0.15) is 32.3 Å². The molecule has 3 heterocycles. The van der Waals surface area contributed by atoms with Crippen LogP contribution in [0.4, 0.5) is 4.79 Å². The average molecular weight is 512 g/mol. The molecule has 37 heavy (non-hydrogen) atoms. The number of primary amides is 1. The molecule has 0 radical (unpaired) electrons. The van der Waals surface area contributed by atoms with Gasteiger partial charge in [-0.15, -0.1) is 0 Å². The number of hydrogen-bond donors (Lipinski definition) is 5. The number of aromatic amines is 1. The maximum absolute atomic E-state index is 13.6. The van der Waals surface area contributed by atoms with Crippen molar-refractivity contribution in [3.05, 3.63) is 36.0 Å². The molecule has 2 aliphatic rings. The van der Waals surface area contributed by atoms with Crippen LogP contribution in [0.5, 0.6) is 0 Å². The van der Waals surface area contributed by atoms with Gasteiger partial charge in [-0.05, 0) is 51.4 Å². The number of nitrogens with one attached hydrogen (secondary N) is 4. The number of fused-ring (bicyclic) bond motifs is 1. The highest BCUT2D eigenvalue weighted by atomic mass is 16.2. The molecular formula is C26H37N7O4. The lowest BCUT2D eigenvalue weighted by Gasteiger charge is -2.42. The number of carbonyl (C=O) groups excluding carboxylic acids is 4. The number of nitrogens with zero attached hydrogens (tertiary/aromatic N) is 2. The van der Waals surface area contributed by atoms with Crippen LogP contribution in [0.3, 0.4) is 0 Å². The van der Waals surface area contributed by atoms with E-state index in [-0.39, 0.29) is 43.4 Å². The van der Waals surface area contributed by atoms with Gasteiger partial charge in [-0.3, -0.25) is 14.4 Å². The normalized spacial score (nSPS) is 19.6. The number of amides is 5. The Morgan fingerprint density at radius 1 is 1.08 bits per heavy atom. The Morgan fingerprint density at radius 2 is 1.81 bits per heavy atom. The SMILES string of the molecule is CC(C)NC(=O)N1CCN(C(=O)C2CCNCC2)C[C@@H]1C(=O)N[C@H](Cc1c[nH]c2ccccc12)C(N)=O. The van der Waals surface area contributed by atoms with Gasteiger partial charge >= 0.3 is 6.03 Å². The third-order valence-electron chi connectivity index (χ3n) is 7.11. The standard InChI is InChI=1S/C26H37N7O4/c1-16(2)30-26(37)33-12-11-32(25(36)17-7-9-28-10-8-17)15-22(33)24(35)31-21(23(27)34)13-18-14-29-20-6-4-3-5-19(18)20/h3-6,14,16-17,21-22,28-29H,7-13,15H2,1-2H3,(H2,27,34)(H,30,37)(H,31,35)/t21-,22-/m1/s1. The van der Waals surface area contributed by atoms with Crippen LogP contribution in [-0.4, -0.2) is 89.4 Å². The molecule has 0 unspecified atom stereocenters. The van der Waals surface area contributed by atoms with Crippen molar-refractivity contribution in [1.82, 2.24) is 30.7 Å². The molecule has 2 aliphatic heterocycles. The highest BCUT2D eigenvalue weighted by Gasteiger charge is 2.39. The second-order valence-electron chi connectivity index (χ2n) is 10.1. The number of piperidine rings is 1. The third-order valence-corrected chi connectivity index (χ3v) is 7.11. The molecule has 200 valence electrons. The van der Waals surface area contributed by atoms with Crippen molar-refractivity contribution in [1.29, 1.82) is 0 Å². The number of hydrogen-bond acceptors (Lipinski definition) is 5. The molecule has 4 rings (SSSR count). The molecule has 0 saturated carbocycles. The molecule has 2 atom stereocenters. The number of rotatable bonds is 7. The molecule has 5 amide bonds. The van der Waals surface area contributed by atoms with Crippen LogP contribution < -0.4 is 21.7 Å². The Balaban J connectivity index is 1.51. The highest BCUT2D eigenvalue weighted by molar-refractivity contribution is 5.93. The van der Waals surface area contributed by atoms with E-state index in [9.17, 15) is 19.2 Å². The van der Waals surface area contributed by atoms with E-state index in [2.05, 4.69) is 20.9 Å². The number of H-pyrrole nitrogens is 1. The lowest BCUT2D eigenvalue weighted by molar-refractivity contribution is -0.141. The summed E-state index contributed by atoms with van der Waals surface area (Å²) in [6.45, 7) is 5.89. The summed E-state index contributed by atoms with van der Waals surface area (Å²) in [5.74, 6) is -1.27. The smallest absolute Gasteiger partial charge is 0.318 e. The zero-order chi connectivity index (χ0) is 26.5. The quantitative estimate of drug-likeness (QED) is 0.362. The maximum Gasteiger partial charge on any atom is 0.318 e. The van der Waals surface area contributed by atoms with Gasteiger partial charge in [-0.25, -0.2) is 4.79 Å². The molecule has 1 aromatic heterocycles. The fraction of sp³-hybridized carbons (Fsp3) is 0.538. The molecule has 0 spiro atoms. The van der Waals surface area contributed by atoms with Gasteiger partial charge in [0.2, 0.25) is 17.7 Å². The first-order valence-corrected chi connectivity index (χ1v) is 13.0. The molecule has 11 nitrogen and oxygen atoms in total. The zero-order valence-corrected chi connectivity index (χ0v) is 21.5. The van der Waals surface area contributed by atoms with E-state index >= 15 is 0 Å². The Morgan fingerprint density at radius 3 is 2.51 bits per heavy atom. The second kappa shape index (κ2) is 11.6. The average Bonchev–Trinajstić information content (AvgIpc) is 3.30. The molecular weight excluding hydrogens is 474 g/mol. The molecule has 11 heteroatoms. The largest absolute Gasteiger partial charge is 0.368 e. The van der Waals surface area contributed by atoms with E-state index in [0.717, 1.165) is 42.4 Å². The van der Waals surface area contributed by atoms with Gasteiger partial charge < -0.3 is 36.5 Å². The van der Waals surface area contributed by atoms with Gasteiger partial charge in [0.1, 0.15) is 12.1 Å². The number of aromatic nitrogens is 1. The van der Waals surface area contributed by atoms with Gasteiger partial charge in [0, 0.05) is 48.6 Å². The van der Waals surface area contributed by atoms with Crippen LogP contribution >= 0.6 is 0 Å². The zero-order valence-electron chi connectivity index (χ0n) is 21.5. The number of benzene rings is 1. The van der Waals surface area contributed by atoms with Gasteiger partial charge in [0.25, 0.3) is 0 Å². The van der Waals surface area contributed by atoms with Gasteiger partial charge in [-0.2, -0.15) is 0 Å². The molecule has 1 aromatic carbocycles. The summed E-state index contributed by atoms with van der Waals surface area (Å²) in [7, 11) is 0. The molecule has 6 N–H and O–H groups in total. The number of para-hydroxylation sites is 1. The summed E-state index contributed by atoms with van der Waals surface area (Å²) in [6.07, 6.45) is 3.50. The van der Waals surface area contributed by atoms with Crippen molar-refractivity contribution >= 4 is 34.7 Å². The van der Waals surface area contributed by atoms with E-state index in [1.807, 2.05) is 38.1 Å². The summed E-state index contributed by atoms with van der Waals surface area (Å²) >= 11 is 0. The lowest BCUT2D eigenvalue weighted by Crippen LogP contribution is -2.65. The molecule has 2 aromatic rings. The minimum atomic E-state index is -0.975. The van der Waals surface area contributed by atoms with Crippen molar-refractivity contribution in [3.63, 3.8) is 0 Å². The minimum Gasteiger partial charge on any atom is -0.368 e. The summed E-state index contributed by atoms with van der Waals surface area (Å²) in [5.41, 5.74) is 7.45. The molecule has 0 bridgehead atoms. The van der Waals surface area contributed by atoms with E-state index in [4.69, 9.17) is 5.73 Å². The van der Waals surface area contributed by atoms with Crippen molar-refractivity contribution < 1.29 is 19.2 Å². The fourth-order valence-corrected chi connectivity index (χ4v) is 5.12.